The largest absolute Gasteiger partial charge is 0.348 e. The fourth-order valence-electron chi connectivity index (χ4n) is 3.56. The van der Waals surface area contributed by atoms with Crippen molar-refractivity contribution in [3.05, 3.63) is 53.6 Å². The lowest BCUT2D eigenvalue weighted by atomic mass is 9.90. The lowest BCUT2D eigenvalue weighted by Gasteiger charge is -2.32. The second-order valence-corrected chi connectivity index (χ2v) is 7.30. The number of H-pyrrole nitrogens is 1. The van der Waals surface area contributed by atoms with Crippen molar-refractivity contribution in [2.24, 2.45) is 5.92 Å². The lowest BCUT2D eigenvalue weighted by molar-refractivity contribution is 0.0680. The molecular weight excluding hydrogens is 328 g/mol. The van der Waals surface area contributed by atoms with Crippen LogP contribution in [0.5, 0.6) is 0 Å². The van der Waals surface area contributed by atoms with Crippen molar-refractivity contribution < 1.29 is 9.59 Å². The quantitative estimate of drug-likeness (QED) is 0.867. The maximum Gasteiger partial charge on any atom is 0.272 e. The van der Waals surface area contributed by atoms with Gasteiger partial charge in [-0.1, -0.05) is 30.3 Å². The molecule has 2 amide bonds. The van der Waals surface area contributed by atoms with Crippen LogP contribution < -0.4 is 5.32 Å². The smallest absolute Gasteiger partial charge is 0.272 e. The van der Waals surface area contributed by atoms with Gasteiger partial charge in [-0.05, 0) is 43.6 Å². The van der Waals surface area contributed by atoms with Crippen molar-refractivity contribution >= 4 is 11.8 Å². The van der Waals surface area contributed by atoms with Gasteiger partial charge in [0.05, 0.1) is 6.33 Å². The number of nitrogens with zero attached hydrogens (tertiary/aromatic N) is 2. The van der Waals surface area contributed by atoms with E-state index in [-0.39, 0.29) is 23.6 Å². The predicted octanol–water partition coefficient (Wildman–Crippen LogP) is 2.40. The average molecular weight is 352 g/mol. The molecule has 136 valence electrons. The van der Waals surface area contributed by atoms with E-state index in [1.807, 2.05) is 11.0 Å². The molecule has 1 aliphatic heterocycles. The van der Waals surface area contributed by atoms with Crippen LogP contribution in [0.3, 0.4) is 0 Å². The number of piperidine rings is 1. The van der Waals surface area contributed by atoms with Crippen LogP contribution in [-0.4, -0.2) is 45.8 Å². The van der Waals surface area contributed by atoms with Crippen LogP contribution in [0.2, 0.25) is 0 Å². The summed E-state index contributed by atoms with van der Waals surface area (Å²) in [6.07, 6.45) is 6.47. The summed E-state index contributed by atoms with van der Waals surface area (Å²) < 4.78 is 0. The summed E-state index contributed by atoms with van der Waals surface area (Å²) in [5.74, 6) is 0.221. The zero-order valence-electron chi connectivity index (χ0n) is 14.8. The Labute approximate surface area is 153 Å². The number of hydrogen-bond acceptors (Lipinski definition) is 3. The molecule has 2 aromatic rings. The van der Waals surface area contributed by atoms with E-state index >= 15 is 0 Å². The highest BCUT2D eigenvalue weighted by atomic mass is 16.2. The molecule has 2 fully saturated rings. The lowest BCUT2D eigenvalue weighted by Crippen LogP contribution is -2.40. The average Bonchev–Trinajstić information content (AvgIpc) is 3.34. The Morgan fingerprint density at radius 1 is 1.12 bits per heavy atom. The summed E-state index contributed by atoms with van der Waals surface area (Å²) in [5, 5.41) is 2.90. The number of aromatic nitrogens is 2. The van der Waals surface area contributed by atoms with Crippen LogP contribution in [0, 0.1) is 5.92 Å². The molecular formula is C20H24N4O2. The molecule has 0 bridgehead atoms. The molecule has 1 saturated heterocycles. The molecule has 1 aromatic heterocycles. The first kappa shape index (κ1) is 16.8. The van der Waals surface area contributed by atoms with Crippen molar-refractivity contribution in [2.45, 2.75) is 38.1 Å². The van der Waals surface area contributed by atoms with Crippen LogP contribution in [0.25, 0.3) is 0 Å². The maximum atomic E-state index is 12.8. The van der Waals surface area contributed by atoms with E-state index in [9.17, 15) is 9.59 Å². The van der Waals surface area contributed by atoms with Gasteiger partial charge in [0.1, 0.15) is 5.69 Å². The summed E-state index contributed by atoms with van der Waals surface area (Å²) in [7, 11) is 0. The monoisotopic (exact) mass is 352 g/mol. The van der Waals surface area contributed by atoms with Crippen LogP contribution in [0.1, 0.15) is 52.2 Å². The van der Waals surface area contributed by atoms with E-state index < -0.39 is 0 Å². The Kier molecular flexibility index (Phi) is 4.73. The third-order valence-electron chi connectivity index (χ3n) is 5.25. The number of likely N-dealkylation sites (tertiary alicyclic amines) is 1. The topological polar surface area (TPSA) is 78.1 Å². The minimum Gasteiger partial charge on any atom is -0.348 e. The molecule has 2 heterocycles. The van der Waals surface area contributed by atoms with Gasteiger partial charge in [-0.3, -0.25) is 9.59 Å². The Balaban J connectivity index is 1.35. The molecule has 2 N–H and O–H groups in total. The Morgan fingerprint density at radius 3 is 2.54 bits per heavy atom. The molecule has 0 atom stereocenters. The van der Waals surface area contributed by atoms with E-state index in [0.717, 1.165) is 45.2 Å². The molecule has 4 rings (SSSR count). The molecule has 0 spiro atoms. The van der Waals surface area contributed by atoms with E-state index in [0.29, 0.717) is 11.6 Å². The number of rotatable bonds is 5. The molecule has 26 heavy (non-hydrogen) atoms. The predicted molar refractivity (Wildman–Crippen MR) is 97.8 cm³/mol. The van der Waals surface area contributed by atoms with Gasteiger partial charge in [0.25, 0.3) is 11.8 Å². The molecule has 6 heteroatoms. The third kappa shape index (κ3) is 3.79. The van der Waals surface area contributed by atoms with Gasteiger partial charge in [0.2, 0.25) is 0 Å². The van der Waals surface area contributed by atoms with Crippen LogP contribution in [0.4, 0.5) is 0 Å². The Hall–Kier alpha value is -2.63. The summed E-state index contributed by atoms with van der Waals surface area (Å²) in [6, 6.07) is 10.7. The third-order valence-corrected chi connectivity index (χ3v) is 5.25. The fraction of sp³-hybridized carbons (Fsp3) is 0.450. The molecule has 1 saturated carbocycles. The van der Waals surface area contributed by atoms with Gasteiger partial charge < -0.3 is 15.2 Å². The zero-order chi connectivity index (χ0) is 17.9. The summed E-state index contributed by atoms with van der Waals surface area (Å²) in [4.78, 5) is 33.9. The highest BCUT2D eigenvalue weighted by Gasteiger charge is 2.30. The van der Waals surface area contributed by atoms with Gasteiger partial charge in [0, 0.05) is 19.1 Å². The van der Waals surface area contributed by atoms with Crippen molar-refractivity contribution in [1.29, 1.82) is 0 Å². The SMILES string of the molecule is O=C(NC1CC1)c1nc[nH]c1C(=O)N1CCC(Cc2ccccc2)CC1. The van der Waals surface area contributed by atoms with Crippen LogP contribution in [0.15, 0.2) is 36.7 Å². The molecule has 0 radical (unpaired) electrons. The van der Waals surface area contributed by atoms with Crippen molar-refractivity contribution in [1.82, 2.24) is 20.2 Å². The number of benzene rings is 1. The number of carbonyl (C=O) groups excluding carboxylic acids is 2. The molecule has 1 aliphatic carbocycles. The number of hydrogen-bond donors (Lipinski definition) is 2. The first-order valence-electron chi connectivity index (χ1n) is 9.38. The highest BCUT2D eigenvalue weighted by Crippen LogP contribution is 2.23. The number of aromatic amines is 1. The van der Waals surface area contributed by atoms with Gasteiger partial charge in [-0.15, -0.1) is 0 Å². The van der Waals surface area contributed by atoms with Crippen molar-refractivity contribution in [3.8, 4) is 0 Å². The van der Waals surface area contributed by atoms with Crippen molar-refractivity contribution in [2.75, 3.05) is 13.1 Å². The molecule has 2 aliphatic rings. The fourth-order valence-corrected chi connectivity index (χ4v) is 3.56. The van der Waals surface area contributed by atoms with E-state index in [2.05, 4.69) is 39.6 Å². The number of carbonyl (C=O) groups is 2. The Bertz CT molecular complexity index is 774. The minimum absolute atomic E-state index is 0.124. The van der Waals surface area contributed by atoms with E-state index in [1.54, 1.807) is 0 Å². The second-order valence-electron chi connectivity index (χ2n) is 7.30. The molecule has 6 nitrogen and oxygen atoms in total. The molecule has 1 aromatic carbocycles. The first-order chi connectivity index (χ1) is 12.7. The summed E-state index contributed by atoms with van der Waals surface area (Å²) in [5.41, 5.74) is 1.88. The number of imidazole rings is 1. The summed E-state index contributed by atoms with van der Waals surface area (Å²) >= 11 is 0. The minimum atomic E-state index is -0.254. The molecule has 0 unspecified atom stereocenters. The zero-order valence-corrected chi connectivity index (χ0v) is 14.8. The van der Waals surface area contributed by atoms with Gasteiger partial charge in [0.15, 0.2) is 5.69 Å². The van der Waals surface area contributed by atoms with Crippen molar-refractivity contribution in [3.63, 3.8) is 0 Å². The van der Waals surface area contributed by atoms with Gasteiger partial charge in [-0.2, -0.15) is 0 Å². The normalized spacial score (nSPS) is 17.9. The van der Waals surface area contributed by atoms with Crippen LogP contribution >= 0.6 is 0 Å². The van der Waals surface area contributed by atoms with Gasteiger partial charge >= 0.3 is 0 Å². The standard InChI is InChI=1S/C20H24N4O2/c25-19(23-16-6-7-16)17-18(22-13-21-17)20(26)24-10-8-15(9-11-24)12-14-4-2-1-3-5-14/h1-5,13,15-16H,6-12H2,(H,21,22)(H,23,25). The highest BCUT2D eigenvalue weighted by molar-refractivity contribution is 6.04. The number of amides is 2. The summed E-state index contributed by atoms with van der Waals surface area (Å²) in [6.45, 7) is 1.44. The van der Waals surface area contributed by atoms with E-state index in [4.69, 9.17) is 0 Å². The van der Waals surface area contributed by atoms with Crippen LogP contribution in [-0.2, 0) is 6.42 Å². The first-order valence-corrected chi connectivity index (χ1v) is 9.38. The van der Waals surface area contributed by atoms with Gasteiger partial charge in [-0.25, -0.2) is 4.98 Å². The maximum absolute atomic E-state index is 12.8. The second kappa shape index (κ2) is 7.32. The number of nitrogens with one attached hydrogen (secondary N) is 2. The Morgan fingerprint density at radius 2 is 1.85 bits per heavy atom. The van der Waals surface area contributed by atoms with E-state index in [1.165, 1.54) is 11.9 Å².